The van der Waals surface area contributed by atoms with Crippen molar-refractivity contribution >= 4 is 34.8 Å². The normalized spacial score (nSPS) is 10.2. The molecule has 0 aliphatic rings. The van der Waals surface area contributed by atoms with E-state index in [1.54, 1.807) is 48.5 Å². The van der Waals surface area contributed by atoms with E-state index in [0.29, 0.717) is 22.9 Å². The number of amides is 2. The SMILES string of the molecule is CC(=O)Nc1ccc(Nc2ccc(NC(=O)Cc3cccc(F)c3)nn2)cc1. The zero-order valence-corrected chi connectivity index (χ0v) is 15.1. The lowest BCUT2D eigenvalue weighted by Gasteiger charge is -2.08. The third kappa shape index (κ3) is 5.60. The molecule has 2 amide bonds. The van der Waals surface area contributed by atoms with Crippen LogP contribution in [0.1, 0.15) is 12.5 Å². The minimum absolute atomic E-state index is 0.0418. The fourth-order valence-electron chi connectivity index (χ4n) is 2.47. The molecule has 0 unspecified atom stereocenters. The van der Waals surface area contributed by atoms with Crippen LogP contribution < -0.4 is 16.0 Å². The predicted octanol–water partition coefficient (Wildman–Crippen LogP) is 3.50. The summed E-state index contributed by atoms with van der Waals surface area (Å²) in [6.45, 7) is 1.44. The van der Waals surface area contributed by atoms with Gasteiger partial charge in [-0.15, -0.1) is 10.2 Å². The minimum atomic E-state index is -0.384. The van der Waals surface area contributed by atoms with Gasteiger partial charge in [-0.3, -0.25) is 9.59 Å². The van der Waals surface area contributed by atoms with Crippen molar-refractivity contribution in [2.24, 2.45) is 0 Å². The topological polar surface area (TPSA) is 96.0 Å². The van der Waals surface area contributed by atoms with Gasteiger partial charge >= 0.3 is 0 Å². The van der Waals surface area contributed by atoms with Crippen molar-refractivity contribution in [1.29, 1.82) is 0 Å². The van der Waals surface area contributed by atoms with Gasteiger partial charge in [-0.2, -0.15) is 0 Å². The van der Waals surface area contributed by atoms with Gasteiger partial charge in [0, 0.05) is 18.3 Å². The van der Waals surface area contributed by atoms with Gasteiger partial charge < -0.3 is 16.0 Å². The summed E-state index contributed by atoms with van der Waals surface area (Å²) in [5.41, 5.74) is 2.04. The molecular formula is C20H18FN5O2. The first-order valence-electron chi connectivity index (χ1n) is 8.50. The molecule has 8 heteroatoms. The first-order chi connectivity index (χ1) is 13.5. The van der Waals surface area contributed by atoms with Crippen molar-refractivity contribution in [1.82, 2.24) is 10.2 Å². The monoisotopic (exact) mass is 379 g/mol. The zero-order chi connectivity index (χ0) is 19.9. The fourth-order valence-corrected chi connectivity index (χ4v) is 2.47. The Kier molecular flexibility index (Phi) is 5.91. The second-order valence-corrected chi connectivity index (χ2v) is 6.04. The van der Waals surface area contributed by atoms with Gasteiger partial charge in [-0.1, -0.05) is 12.1 Å². The van der Waals surface area contributed by atoms with Crippen LogP contribution in [0, 0.1) is 5.82 Å². The van der Waals surface area contributed by atoms with E-state index in [1.807, 2.05) is 0 Å². The van der Waals surface area contributed by atoms with E-state index in [1.165, 1.54) is 19.1 Å². The summed E-state index contributed by atoms with van der Waals surface area (Å²) in [6.07, 6.45) is 0.0418. The van der Waals surface area contributed by atoms with Crippen molar-refractivity contribution in [2.45, 2.75) is 13.3 Å². The van der Waals surface area contributed by atoms with Crippen LogP contribution in [0.5, 0.6) is 0 Å². The van der Waals surface area contributed by atoms with Gasteiger partial charge in [-0.05, 0) is 54.1 Å². The number of nitrogens with zero attached hydrogens (tertiary/aromatic N) is 2. The quantitative estimate of drug-likeness (QED) is 0.609. The van der Waals surface area contributed by atoms with Crippen molar-refractivity contribution < 1.29 is 14.0 Å². The average Bonchev–Trinajstić information content (AvgIpc) is 2.64. The van der Waals surface area contributed by atoms with Crippen molar-refractivity contribution in [3.8, 4) is 0 Å². The summed E-state index contributed by atoms with van der Waals surface area (Å²) < 4.78 is 13.2. The lowest BCUT2D eigenvalue weighted by atomic mass is 10.1. The Morgan fingerprint density at radius 2 is 1.57 bits per heavy atom. The number of benzene rings is 2. The summed E-state index contributed by atoms with van der Waals surface area (Å²) in [5.74, 6) is -0.0372. The molecule has 1 heterocycles. The highest BCUT2D eigenvalue weighted by Gasteiger charge is 2.07. The molecule has 7 nitrogen and oxygen atoms in total. The molecule has 0 saturated heterocycles. The van der Waals surface area contributed by atoms with Crippen LogP contribution >= 0.6 is 0 Å². The Labute approximate surface area is 161 Å². The zero-order valence-electron chi connectivity index (χ0n) is 15.1. The van der Waals surface area contributed by atoms with Gasteiger partial charge in [0.25, 0.3) is 0 Å². The van der Waals surface area contributed by atoms with E-state index in [-0.39, 0.29) is 24.1 Å². The van der Waals surface area contributed by atoms with E-state index in [4.69, 9.17) is 0 Å². The molecule has 1 aromatic heterocycles. The Morgan fingerprint density at radius 3 is 2.21 bits per heavy atom. The number of hydrogen-bond donors (Lipinski definition) is 3. The molecular weight excluding hydrogens is 361 g/mol. The largest absolute Gasteiger partial charge is 0.339 e. The van der Waals surface area contributed by atoms with E-state index in [0.717, 1.165) is 5.69 Å². The van der Waals surface area contributed by atoms with Crippen LogP contribution in [-0.2, 0) is 16.0 Å². The highest BCUT2D eigenvalue weighted by Crippen LogP contribution is 2.18. The molecule has 3 aromatic rings. The molecule has 0 fully saturated rings. The minimum Gasteiger partial charge on any atom is -0.339 e. The number of halogens is 1. The number of rotatable bonds is 6. The number of anilines is 4. The number of carbonyl (C=O) groups is 2. The number of hydrogen-bond acceptors (Lipinski definition) is 5. The Bertz CT molecular complexity index is 975. The molecule has 3 N–H and O–H groups in total. The summed E-state index contributed by atoms with van der Waals surface area (Å²) >= 11 is 0. The maximum absolute atomic E-state index is 13.2. The number of nitrogens with one attached hydrogen (secondary N) is 3. The van der Waals surface area contributed by atoms with Crippen molar-refractivity contribution in [3.63, 3.8) is 0 Å². The van der Waals surface area contributed by atoms with Gasteiger partial charge in [0.1, 0.15) is 5.82 Å². The second kappa shape index (κ2) is 8.72. The molecule has 0 bridgehead atoms. The summed E-state index contributed by atoms with van der Waals surface area (Å²) in [5, 5.41) is 16.3. The fraction of sp³-hybridized carbons (Fsp3) is 0.100. The molecule has 142 valence electrons. The Hall–Kier alpha value is -3.81. The van der Waals surface area contributed by atoms with E-state index >= 15 is 0 Å². The highest BCUT2D eigenvalue weighted by atomic mass is 19.1. The first-order valence-corrected chi connectivity index (χ1v) is 8.50. The van der Waals surface area contributed by atoms with Gasteiger partial charge in [0.05, 0.1) is 6.42 Å². The second-order valence-electron chi connectivity index (χ2n) is 6.04. The van der Waals surface area contributed by atoms with E-state index < -0.39 is 0 Å². The molecule has 3 rings (SSSR count). The Morgan fingerprint density at radius 1 is 0.893 bits per heavy atom. The molecule has 0 aliphatic carbocycles. The first kappa shape index (κ1) is 19.0. The van der Waals surface area contributed by atoms with Crippen LogP contribution in [0.15, 0.2) is 60.7 Å². The van der Waals surface area contributed by atoms with Gasteiger partial charge in [-0.25, -0.2) is 4.39 Å². The lowest BCUT2D eigenvalue weighted by molar-refractivity contribution is -0.116. The summed E-state index contributed by atoms with van der Waals surface area (Å²) in [7, 11) is 0. The third-order valence-corrected chi connectivity index (χ3v) is 3.66. The van der Waals surface area contributed by atoms with E-state index in [9.17, 15) is 14.0 Å². The lowest BCUT2D eigenvalue weighted by Crippen LogP contribution is -2.15. The molecule has 0 spiro atoms. The van der Waals surface area contributed by atoms with Gasteiger partial charge in [0.15, 0.2) is 11.6 Å². The average molecular weight is 379 g/mol. The highest BCUT2D eigenvalue weighted by molar-refractivity contribution is 5.91. The molecule has 0 atom stereocenters. The number of carbonyl (C=O) groups excluding carboxylic acids is 2. The van der Waals surface area contributed by atoms with Gasteiger partial charge in [0.2, 0.25) is 11.8 Å². The van der Waals surface area contributed by atoms with Crippen LogP contribution in [0.3, 0.4) is 0 Å². The number of aromatic nitrogens is 2. The molecule has 0 aliphatic heterocycles. The van der Waals surface area contributed by atoms with Crippen molar-refractivity contribution in [3.05, 3.63) is 72.0 Å². The predicted molar refractivity (Wildman–Crippen MR) is 105 cm³/mol. The third-order valence-electron chi connectivity index (χ3n) is 3.66. The molecule has 0 radical (unpaired) electrons. The molecule has 28 heavy (non-hydrogen) atoms. The summed E-state index contributed by atoms with van der Waals surface area (Å²) in [4.78, 5) is 23.1. The molecule has 0 saturated carbocycles. The maximum atomic E-state index is 13.2. The van der Waals surface area contributed by atoms with Crippen molar-refractivity contribution in [2.75, 3.05) is 16.0 Å². The van der Waals surface area contributed by atoms with Crippen LogP contribution in [0.4, 0.5) is 27.4 Å². The van der Waals surface area contributed by atoms with Crippen LogP contribution in [0.25, 0.3) is 0 Å². The standard InChI is InChI=1S/C20H18FN5O2/c1-13(27)22-16-5-7-17(8-6-16)23-18-9-10-19(26-25-18)24-20(28)12-14-3-2-4-15(21)11-14/h2-11H,12H2,1H3,(H,22,27)(H,23,25)(H,24,26,28). The summed E-state index contributed by atoms with van der Waals surface area (Å²) in [6, 6.07) is 16.3. The van der Waals surface area contributed by atoms with Crippen LogP contribution in [-0.4, -0.2) is 22.0 Å². The molecule has 2 aromatic carbocycles. The smallest absolute Gasteiger partial charge is 0.229 e. The Balaban J connectivity index is 1.55. The van der Waals surface area contributed by atoms with E-state index in [2.05, 4.69) is 26.1 Å². The maximum Gasteiger partial charge on any atom is 0.229 e. The van der Waals surface area contributed by atoms with Crippen LogP contribution in [0.2, 0.25) is 0 Å².